The number of nitrogens with one attached hydrogen (secondary N) is 1. The molecule has 4 aliphatic rings. The predicted octanol–water partition coefficient (Wildman–Crippen LogP) is 5.40. The van der Waals surface area contributed by atoms with Crippen molar-refractivity contribution in [1.82, 2.24) is 9.97 Å². The predicted molar refractivity (Wildman–Crippen MR) is 137 cm³/mol. The summed E-state index contributed by atoms with van der Waals surface area (Å²) >= 11 is 0. The van der Waals surface area contributed by atoms with Crippen LogP contribution in [0.3, 0.4) is 0 Å². The standard InChI is InChI=1S/C28H24F5N5O2/c1-14-24-19(3-2-8-34-24)23-20(10-21(36-26(23)31)37-11-16-9-17(12-37)28(16,32)33)38(27(14)40)13-22(39)35-18-6-4-15(5-7-18)25(29)30/h2-8,10,14,16-17,25H,9,11-13H2,1H3,(H,35,39)/t14-,16?,17?/m1/s1. The van der Waals surface area contributed by atoms with Gasteiger partial charge in [-0.05, 0) is 31.5 Å². The Bertz CT molecular complexity index is 1480. The topological polar surface area (TPSA) is 78.4 Å². The van der Waals surface area contributed by atoms with Crippen molar-refractivity contribution in [3.05, 3.63) is 65.9 Å². The quantitative estimate of drug-likeness (QED) is 0.336. The van der Waals surface area contributed by atoms with E-state index in [1.165, 1.54) is 36.5 Å². The van der Waals surface area contributed by atoms with Crippen LogP contribution >= 0.6 is 0 Å². The molecule has 1 aliphatic carbocycles. The Morgan fingerprint density at radius 1 is 1.15 bits per heavy atom. The molecule has 3 atom stereocenters. The Labute approximate surface area is 226 Å². The molecule has 0 spiro atoms. The Morgan fingerprint density at radius 3 is 2.50 bits per heavy atom. The lowest BCUT2D eigenvalue weighted by atomic mass is 9.67. The number of nitrogens with zero attached hydrogens (tertiary/aromatic N) is 4. The fourth-order valence-corrected chi connectivity index (χ4v) is 5.79. The van der Waals surface area contributed by atoms with Crippen LogP contribution in [-0.2, 0) is 9.59 Å². The van der Waals surface area contributed by atoms with Gasteiger partial charge in [0.05, 0.1) is 22.9 Å². The van der Waals surface area contributed by atoms with E-state index in [1.807, 2.05) is 0 Å². The lowest BCUT2D eigenvalue weighted by Gasteiger charge is -2.53. The van der Waals surface area contributed by atoms with Crippen LogP contribution < -0.4 is 15.1 Å². The molecular weight excluding hydrogens is 533 g/mol. The maximum Gasteiger partial charge on any atom is 0.263 e. The van der Waals surface area contributed by atoms with Crippen LogP contribution in [0, 0.1) is 17.8 Å². The fraction of sp³-hybridized carbons (Fsp3) is 0.357. The number of benzene rings is 1. The Hall–Kier alpha value is -4.09. The monoisotopic (exact) mass is 557 g/mol. The number of alkyl halides is 4. The van der Waals surface area contributed by atoms with Gasteiger partial charge in [0, 0.05) is 54.0 Å². The molecule has 12 heteroatoms. The first-order valence-electron chi connectivity index (χ1n) is 12.8. The van der Waals surface area contributed by atoms with Gasteiger partial charge >= 0.3 is 0 Å². The highest BCUT2D eigenvalue weighted by molar-refractivity contribution is 6.09. The second-order valence-electron chi connectivity index (χ2n) is 10.4. The average Bonchev–Trinajstić information content (AvgIpc) is 3.02. The van der Waals surface area contributed by atoms with Crippen molar-refractivity contribution in [3.63, 3.8) is 0 Å². The van der Waals surface area contributed by atoms with Gasteiger partial charge in [0.25, 0.3) is 12.3 Å². The van der Waals surface area contributed by atoms with Gasteiger partial charge in [-0.15, -0.1) is 0 Å². The third-order valence-electron chi connectivity index (χ3n) is 8.00. The van der Waals surface area contributed by atoms with Crippen molar-refractivity contribution in [2.45, 2.75) is 31.6 Å². The number of rotatable bonds is 5. The van der Waals surface area contributed by atoms with Crippen LogP contribution in [0.4, 0.5) is 39.1 Å². The van der Waals surface area contributed by atoms with E-state index in [0.717, 1.165) is 4.90 Å². The summed E-state index contributed by atoms with van der Waals surface area (Å²) in [5, 5.41) is 2.58. The molecule has 2 bridgehead atoms. The lowest BCUT2D eigenvalue weighted by molar-refractivity contribution is -0.194. The number of carbonyl (C=O) groups excluding carboxylic acids is 2. The van der Waals surface area contributed by atoms with E-state index in [0.29, 0.717) is 17.7 Å². The molecule has 2 unspecified atom stereocenters. The second kappa shape index (κ2) is 9.53. The molecule has 208 valence electrons. The zero-order valence-corrected chi connectivity index (χ0v) is 21.3. The highest BCUT2D eigenvalue weighted by Crippen LogP contribution is 2.53. The van der Waals surface area contributed by atoms with Crippen LogP contribution in [0.5, 0.6) is 0 Å². The molecule has 5 heterocycles. The fourth-order valence-electron chi connectivity index (χ4n) is 5.79. The van der Waals surface area contributed by atoms with E-state index >= 15 is 4.39 Å². The Morgan fingerprint density at radius 2 is 1.85 bits per heavy atom. The summed E-state index contributed by atoms with van der Waals surface area (Å²) in [4.78, 5) is 37.9. The molecule has 3 fully saturated rings. The van der Waals surface area contributed by atoms with Crippen LogP contribution in [0.1, 0.15) is 36.9 Å². The van der Waals surface area contributed by atoms with Crippen LogP contribution in [0.15, 0.2) is 48.7 Å². The SMILES string of the molecule is C[C@H]1C(=O)N(CC(=O)Nc2ccc(C(F)F)cc2)c2cc(N3CC4CC(C3)C4(F)F)nc(F)c2-c2cccnc21. The van der Waals surface area contributed by atoms with E-state index in [-0.39, 0.29) is 41.4 Å². The first-order valence-corrected chi connectivity index (χ1v) is 12.8. The van der Waals surface area contributed by atoms with Crippen LogP contribution in [0.25, 0.3) is 11.1 Å². The van der Waals surface area contributed by atoms with E-state index in [9.17, 15) is 27.2 Å². The number of hydrogen-bond acceptors (Lipinski definition) is 5. The van der Waals surface area contributed by atoms with Crippen molar-refractivity contribution in [1.29, 1.82) is 0 Å². The number of anilines is 3. The van der Waals surface area contributed by atoms with Crippen molar-refractivity contribution < 1.29 is 31.5 Å². The van der Waals surface area contributed by atoms with Crippen LogP contribution in [0.2, 0.25) is 0 Å². The second-order valence-corrected chi connectivity index (χ2v) is 10.4. The smallest absolute Gasteiger partial charge is 0.263 e. The third-order valence-corrected chi connectivity index (χ3v) is 8.00. The van der Waals surface area contributed by atoms with E-state index in [4.69, 9.17) is 0 Å². The molecule has 2 aromatic heterocycles. The molecule has 2 saturated heterocycles. The number of hydrogen-bond donors (Lipinski definition) is 1. The number of aromatic nitrogens is 2. The van der Waals surface area contributed by atoms with Crippen molar-refractivity contribution in [3.8, 4) is 11.1 Å². The van der Waals surface area contributed by atoms with Gasteiger partial charge in [-0.25, -0.2) is 22.5 Å². The zero-order chi connectivity index (χ0) is 28.3. The summed E-state index contributed by atoms with van der Waals surface area (Å²) < 4.78 is 70.0. The summed E-state index contributed by atoms with van der Waals surface area (Å²) in [7, 11) is 0. The minimum atomic E-state index is -2.77. The number of fused-ring (bicyclic) bond motifs is 5. The van der Waals surface area contributed by atoms with E-state index in [1.54, 1.807) is 24.0 Å². The summed E-state index contributed by atoms with van der Waals surface area (Å²) in [6.07, 6.45) is -0.799. The van der Waals surface area contributed by atoms with Gasteiger partial charge in [0.2, 0.25) is 17.8 Å². The molecule has 3 aliphatic heterocycles. The highest BCUT2D eigenvalue weighted by Gasteiger charge is 2.61. The molecule has 1 N–H and O–H groups in total. The molecular formula is C28H24F5N5O2. The van der Waals surface area contributed by atoms with Crippen molar-refractivity contribution in [2.75, 3.05) is 34.8 Å². The molecule has 7 nitrogen and oxygen atoms in total. The van der Waals surface area contributed by atoms with E-state index in [2.05, 4.69) is 15.3 Å². The van der Waals surface area contributed by atoms with Gasteiger partial charge in [-0.1, -0.05) is 18.2 Å². The lowest BCUT2D eigenvalue weighted by Crippen LogP contribution is -2.63. The van der Waals surface area contributed by atoms with Gasteiger partial charge < -0.3 is 15.1 Å². The molecule has 40 heavy (non-hydrogen) atoms. The summed E-state index contributed by atoms with van der Waals surface area (Å²) in [6, 6.07) is 9.66. The van der Waals surface area contributed by atoms with Crippen LogP contribution in [-0.4, -0.2) is 47.3 Å². The minimum Gasteiger partial charge on any atom is -0.355 e. The molecule has 3 aromatic rings. The molecule has 1 saturated carbocycles. The van der Waals surface area contributed by atoms with Gasteiger partial charge in [-0.3, -0.25) is 14.6 Å². The first kappa shape index (κ1) is 26.1. The summed E-state index contributed by atoms with van der Waals surface area (Å²) in [6.45, 7) is 1.06. The average molecular weight is 558 g/mol. The van der Waals surface area contributed by atoms with Crippen molar-refractivity contribution >= 4 is 29.0 Å². The number of carbonyl (C=O) groups is 2. The number of amides is 2. The molecule has 1 aromatic carbocycles. The highest BCUT2D eigenvalue weighted by atomic mass is 19.3. The Kier molecular flexibility index (Phi) is 6.23. The first-order chi connectivity index (χ1) is 19.0. The molecule has 0 radical (unpaired) electrons. The molecule has 7 rings (SSSR count). The maximum absolute atomic E-state index is 15.8. The minimum absolute atomic E-state index is 0.00762. The molecule has 2 amide bonds. The Balaban J connectivity index is 1.37. The largest absolute Gasteiger partial charge is 0.355 e. The maximum atomic E-state index is 15.8. The number of piperidine rings is 2. The van der Waals surface area contributed by atoms with Gasteiger partial charge in [0.1, 0.15) is 12.4 Å². The number of halogens is 5. The van der Waals surface area contributed by atoms with Gasteiger partial charge in [-0.2, -0.15) is 4.39 Å². The van der Waals surface area contributed by atoms with Gasteiger partial charge in [0.15, 0.2) is 0 Å². The number of pyridine rings is 2. The zero-order valence-electron chi connectivity index (χ0n) is 21.3. The summed E-state index contributed by atoms with van der Waals surface area (Å²) in [5.41, 5.74) is 0.730. The summed E-state index contributed by atoms with van der Waals surface area (Å²) in [5.74, 6) is -7.32. The normalized spacial score (nSPS) is 22.8. The van der Waals surface area contributed by atoms with E-state index < -0.39 is 54.4 Å². The van der Waals surface area contributed by atoms with Crippen molar-refractivity contribution in [2.24, 2.45) is 11.8 Å². The third kappa shape index (κ3) is 4.25.